The van der Waals surface area contributed by atoms with Crippen molar-refractivity contribution < 1.29 is 23.7 Å². The third kappa shape index (κ3) is 2.60. The Morgan fingerprint density at radius 2 is 1.83 bits per heavy atom. The van der Waals surface area contributed by atoms with Crippen molar-refractivity contribution in [2.24, 2.45) is 0 Å². The van der Waals surface area contributed by atoms with Gasteiger partial charge in [0.2, 0.25) is 0 Å². The van der Waals surface area contributed by atoms with Crippen LogP contribution in [0.4, 0.5) is 0 Å². The summed E-state index contributed by atoms with van der Waals surface area (Å²) < 4.78 is 23.0. The molecule has 1 heterocycles. The zero-order valence-corrected chi connectivity index (χ0v) is 14.1. The van der Waals surface area contributed by atoms with Crippen LogP contribution in [0.5, 0.6) is 11.5 Å². The standard InChI is InChI=1S/C19H24O5/c1-21-16-7-6-14(10-17(16)24-15-4-2-3-5-15)18(13-20)11-19(12-18)22-8-9-23-19/h6-7,10,13,15H,2-5,8-9,11-12H2,1H3. The molecule has 0 amide bonds. The van der Waals surface area contributed by atoms with E-state index in [1.165, 1.54) is 12.8 Å². The Morgan fingerprint density at radius 3 is 2.46 bits per heavy atom. The number of hydrogen-bond donors (Lipinski definition) is 0. The van der Waals surface area contributed by atoms with E-state index in [4.69, 9.17) is 18.9 Å². The highest BCUT2D eigenvalue weighted by Crippen LogP contribution is 2.54. The number of ether oxygens (including phenoxy) is 4. The normalized spacial score (nSPS) is 24.7. The first-order chi connectivity index (χ1) is 11.7. The predicted octanol–water partition coefficient (Wildman–Crippen LogP) is 2.99. The van der Waals surface area contributed by atoms with Crippen LogP contribution in [0.15, 0.2) is 18.2 Å². The molecule has 0 radical (unpaired) electrons. The first kappa shape index (κ1) is 15.9. The molecular weight excluding hydrogens is 308 g/mol. The number of hydrogen-bond acceptors (Lipinski definition) is 5. The Hall–Kier alpha value is -1.59. The van der Waals surface area contributed by atoms with Gasteiger partial charge in [-0.25, -0.2) is 0 Å². The van der Waals surface area contributed by atoms with Crippen molar-refractivity contribution in [3.63, 3.8) is 0 Å². The van der Waals surface area contributed by atoms with Crippen LogP contribution in [0.2, 0.25) is 0 Å². The van der Waals surface area contributed by atoms with Gasteiger partial charge in [0.15, 0.2) is 17.3 Å². The molecule has 4 rings (SSSR count). The lowest BCUT2D eigenvalue weighted by Crippen LogP contribution is -2.56. The van der Waals surface area contributed by atoms with E-state index in [9.17, 15) is 4.79 Å². The molecule has 1 aromatic carbocycles. The van der Waals surface area contributed by atoms with Crippen LogP contribution in [0.1, 0.15) is 44.1 Å². The summed E-state index contributed by atoms with van der Waals surface area (Å²) >= 11 is 0. The molecule has 0 atom stereocenters. The monoisotopic (exact) mass is 332 g/mol. The number of aldehydes is 1. The molecule has 0 N–H and O–H groups in total. The molecule has 0 unspecified atom stereocenters. The van der Waals surface area contributed by atoms with Gasteiger partial charge in [0.05, 0.1) is 31.8 Å². The second-order valence-corrected chi connectivity index (χ2v) is 7.13. The van der Waals surface area contributed by atoms with Gasteiger partial charge >= 0.3 is 0 Å². The third-order valence-electron chi connectivity index (χ3n) is 5.54. The van der Waals surface area contributed by atoms with Gasteiger partial charge in [0.25, 0.3) is 0 Å². The van der Waals surface area contributed by atoms with Gasteiger partial charge in [-0.05, 0) is 43.4 Å². The third-order valence-corrected chi connectivity index (χ3v) is 5.54. The van der Waals surface area contributed by atoms with Crippen LogP contribution in [0, 0.1) is 0 Å². The molecule has 3 fully saturated rings. The van der Waals surface area contributed by atoms with Crippen molar-refractivity contribution in [1.82, 2.24) is 0 Å². The van der Waals surface area contributed by atoms with Crippen molar-refractivity contribution in [2.45, 2.75) is 55.8 Å². The Bertz CT molecular complexity index is 606. The van der Waals surface area contributed by atoms with Crippen molar-refractivity contribution in [3.05, 3.63) is 23.8 Å². The summed E-state index contributed by atoms with van der Waals surface area (Å²) in [4.78, 5) is 11.9. The minimum absolute atomic E-state index is 0.246. The fourth-order valence-corrected chi connectivity index (χ4v) is 4.23. The van der Waals surface area contributed by atoms with E-state index < -0.39 is 11.2 Å². The van der Waals surface area contributed by atoms with Gasteiger partial charge in [0, 0.05) is 12.8 Å². The summed E-state index contributed by atoms with van der Waals surface area (Å²) in [6.45, 7) is 1.21. The van der Waals surface area contributed by atoms with Crippen LogP contribution in [0.25, 0.3) is 0 Å². The number of methoxy groups -OCH3 is 1. The summed E-state index contributed by atoms with van der Waals surface area (Å²) in [6.07, 6.45) is 7.00. The van der Waals surface area contributed by atoms with E-state index in [0.717, 1.165) is 30.4 Å². The molecule has 2 aliphatic carbocycles. The zero-order chi connectivity index (χ0) is 16.6. The molecule has 1 aliphatic heterocycles. The Balaban J connectivity index is 1.59. The molecule has 1 aromatic rings. The molecule has 5 heteroatoms. The number of rotatable bonds is 5. The van der Waals surface area contributed by atoms with Gasteiger partial charge in [-0.2, -0.15) is 0 Å². The predicted molar refractivity (Wildman–Crippen MR) is 87.5 cm³/mol. The first-order valence-electron chi connectivity index (χ1n) is 8.78. The highest BCUT2D eigenvalue weighted by atomic mass is 16.7. The van der Waals surface area contributed by atoms with E-state index in [-0.39, 0.29) is 6.10 Å². The lowest BCUT2D eigenvalue weighted by molar-refractivity contribution is -0.234. The fraction of sp³-hybridized carbons (Fsp3) is 0.632. The molecule has 2 saturated carbocycles. The number of carbonyl (C=O) groups is 1. The van der Waals surface area contributed by atoms with E-state index in [1.807, 2.05) is 18.2 Å². The molecule has 5 nitrogen and oxygen atoms in total. The summed E-state index contributed by atoms with van der Waals surface area (Å²) in [6, 6.07) is 5.82. The highest BCUT2D eigenvalue weighted by Gasteiger charge is 2.59. The Labute approximate surface area is 142 Å². The largest absolute Gasteiger partial charge is 0.493 e. The van der Waals surface area contributed by atoms with Crippen LogP contribution in [-0.2, 0) is 19.7 Å². The Kier molecular flexibility index (Phi) is 4.01. The second kappa shape index (κ2) is 6.05. The smallest absolute Gasteiger partial charge is 0.171 e. The number of benzene rings is 1. The molecule has 1 spiro atoms. The topological polar surface area (TPSA) is 54.0 Å². The van der Waals surface area contributed by atoms with Crippen LogP contribution in [0.3, 0.4) is 0 Å². The highest BCUT2D eigenvalue weighted by molar-refractivity contribution is 5.72. The molecule has 0 bridgehead atoms. The van der Waals surface area contributed by atoms with Crippen LogP contribution < -0.4 is 9.47 Å². The average molecular weight is 332 g/mol. The lowest BCUT2D eigenvalue weighted by Gasteiger charge is -2.49. The van der Waals surface area contributed by atoms with Gasteiger partial charge in [-0.15, -0.1) is 0 Å². The first-order valence-corrected chi connectivity index (χ1v) is 8.78. The molecule has 3 aliphatic rings. The molecule has 1 saturated heterocycles. The molecule has 130 valence electrons. The van der Waals surface area contributed by atoms with Crippen LogP contribution >= 0.6 is 0 Å². The van der Waals surface area contributed by atoms with E-state index in [0.29, 0.717) is 31.8 Å². The summed E-state index contributed by atoms with van der Waals surface area (Å²) in [7, 11) is 1.64. The van der Waals surface area contributed by atoms with Crippen molar-refractivity contribution in [3.8, 4) is 11.5 Å². The van der Waals surface area contributed by atoms with E-state index >= 15 is 0 Å². The summed E-state index contributed by atoms with van der Waals surface area (Å²) in [5.74, 6) is 0.888. The number of carbonyl (C=O) groups excluding carboxylic acids is 1. The SMILES string of the molecule is COc1ccc(C2(C=O)CC3(C2)OCCO3)cc1OC1CCCC1. The lowest BCUT2D eigenvalue weighted by atomic mass is 9.61. The van der Waals surface area contributed by atoms with E-state index in [1.54, 1.807) is 7.11 Å². The van der Waals surface area contributed by atoms with Gasteiger partial charge in [-0.1, -0.05) is 6.07 Å². The van der Waals surface area contributed by atoms with Crippen LogP contribution in [-0.4, -0.2) is 38.5 Å². The molecule has 0 aromatic heterocycles. The van der Waals surface area contributed by atoms with E-state index in [2.05, 4.69) is 0 Å². The van der Waals surface area contributed by atoms with Crippen molar-refractivity contribution in [1.29, 1.82) is 0 Å². The maximum atomic E-state index is 11.9. The quantitative estimate of drug-likeness (QED) is 0.776. The fourth-order valence-electron chi connectivity index (χ4n) is 4.23. The summed E-state index contributed by atoms with van der Waals surface area (Å²) in [5, 5.41) is 0. The van der Waals surface area contributed by atoms with Gasteiger partial charge < -0.3 is 23.7 Å². The summed E-state index contributed by atoms with van der Waals surface area (Å²) in [5.41, 5.74) is 0.403. The molecule has 24 heavy (non-hydrogen) atoms. The van der Waals surface area contributed by atoms with Crippen molar-refractivity contribution in [2.75, 3.05) is 20.3 Å². The Morgan fingerprint density at radius 1 is 1.12 bits per heavy atom. The minimum atomic E-state index is -0.562. The molecular formula is C19H24O5. The van der Waals surface area contributed by atoms with Gasteiger partial charge in [-0.3, -0.25) is 0 Å². The van der Waals surface area contributed by atoms with Crippen molar-refractivity contribution >= 4 is 6.29 Å². The minimum Gasteiger partial charge on any atom is -0.493 e. The van der Waals surface area contributed by atoms with Gasteiger partial charge in [0.1, 0.15) is 6.29 Å². The maximum absolute atomic E-state index is 11.9. The zero-order valence-electron chi connectivity index (χ0n) is 14.1. The maximum Gasteiger partial charge on any atom is 0.171 e. The average Bonchev–Trinajstić information content (AvgIpc) is 3.24. The second-order valence-electron chi connectivity index (χ2n) is 7.13.